The fourth-order valence-corrected chi connectivity index (χ4v) is 4.94. The zero-order valence-corrected chi connectivity index (χ0v) is 16.3. The van der Waals surface area contributed by atoms with Gasteiger partial charge in [-0.25, -0.2) is 0 Å². The molecule has 2 aliphatic rings. The van der Waals surface area contributed by atoms with Crippen LogP contribution in [0.2, 0.25) is 0 Å². The summed E-state index contributed by atoms with van der Waals surface area (Å²) in [6.07, 6.45) is 7.43. The number of hydrogen-bond acceptors (Lipinski definition) is 2. The minimum absolute atomic E-state index is 0.0826. The SMILES string of the molecule is CCc1ccc(C2CC[C@]3(CC[C@H](OCc4ccccc4)CC3)C2=O)cc1. The Hall–Kier alpha value is -1.93. The normalized spacial score (nSPS) is 28.0. The number of aryl methyl sites for hydroxylation is 1. The van der Waals surface area contributed by atoms with Crippen LogP contribution in [0.1, 0.15) is 68.1 Å². The monoisotopic (exact) mass is 362 g/mol. The first-order chi connectivity index (χ1) is 13.2. The van der Waals surface area contributed by atoms with E-state index in [-0.39, 0.29) is 11.3 Å². The molecule has 0 saturated heterocycles. The lowest BCUT2D eigenvalue weighted by molar-refractivity contribution is -0.130. The third-order valence-electron chi connectivity index (χ3n) is 6.76. The Morgan fingerprint density at radius 2 is 1.56 bits per heavy atom. The molecule has 2 aromatic carbocycles. The molecule has 4 rings (SSSR count). The van der Waals surface area contributed by atoms with Gasteiger partial charge in [0.2, 0.25) is 0 Å². The smallest absolute Gasteiger partial charge is 0.146 e. The second kappa shape index (κ2) is 7.98. The average Bonchev–Trinajstić information content (AvgIpc) is 3.04. The van der Waals surface area contributed by atoms with Crippen molar-refractivity contribution in [2.45, 2.75) is 70.5 Å². The van der Waals surface area contributed by atoms with Crippen molar-refractivity contribution in [3.05, 3.63) is 71.3 Å². The van der Waals surface area contributed by atoms with Crippen LogP contribution in [0, 0.1) is 5.41 Å². The number of rotatable bonds is 5. The molecule has 2 aliphatic carbocycles. The maximum Gasteiger partial charge on any atom is 0.146 e. The molecular formula is C25H30O2. The van der Waals surface area contributed by atoms with E-state index in [1.165, 1.54) is 16.7 Å². The van der Waals surface area contributed by atoms with E-state index in [1.807, 2.05) is 6.07 Å². The van der Waals surface area contributed by atoms with Crippen LogP contribution >= 0.6 is 0 Å². The molecule has 0 N–H and O–H groups in total. The molecule has 0 aromatic heterocycles. The zero-order valence-electron chi connectivity index (χ0n) is 16.3. The number of benzene rings is 2. The number of carbonyl (C=O) groups excluding carboxylic acids is 1. The first-order valence-corrected chi connectivity index (χ1v) is 10.5. The van der Waals surface area contributed by atoms with E-state index >= 15 is 0 Å². The van der Waals surface area contributed by atoms with Crippen LogP contribution in [0.3, 0.4) is 0 Å². The van der Waals surface area contributed by atoms with Crippen LogP contribution in [-0.4, -0.2) is 11.9 Å². The zero-order chi connectivity index (χ0) is 18.7. The van der Waals surface area contributed by atoms with Crippen LogP contribution in [0.4, 0.5) is 0 Å². The van der Waals surface area contributed by atoms with Gasteiger partial charge in [-0.2, -0.15) is 0 Å². The first kappa shape index (κ1) is 18.4. The van der Waals surface area contributed by atoms with Crippen molar-refractivity contribution in [2.75, 3.05) is 0 Å². The summed E-state index contributed by atoms with van der Waals surface area (Å²) in [5, 5.41) is 0. The molecule has 2 heteroatoms. The average molecular weight is 363 g/mol. The van der Waals surface area contributed by atoms with E-state index in [0.29, 0.717) is 18.5 Å². The lowest BCUT2D eigenvalue weighted by atomic mass is 9.70. The molecule has 0 heterocycles. The summed E-state index contributed by atoms with van der Waals surface area (Å²) in [5.41, 5.74) is 3.71. The maximum absolute atomic E-state index is 13.3. The van der Waals surface area contributed by atoms with E-state index in [4.69, 9.17) is 4.74 Å². The highest BCUT2D eigenvalue weighted by Crippen LogP contribution is 2.52. The predicted molar refractivity (Wildman–Crippen MR) is 109 cm³/mol. The Kier molecular flexibility index (Phi) is 5.45. The fraction of sp³-hybridized carbons (Fsp3) is 0.480. The Balaban J connectivity index is 1.34. The van der Waals surface area contributed by atoms with Crippen molar-refractivity contribution in [2.24, 2.45) is 5.41 Å². The largest absolute Gasteiger partial charge is 0.374 e. The molecule has 2 fully saturated rings. The van der Waals surface area contributed by atoms with Crippen LogP contribution in [0.15, 0.2) is 54.6 Å². The minimum atomic E-state index is -0.0826. The molecule has 1 unspecified atom stereocenters. The third-order valence-corrected chi connectivity index (χ3v) is 6.76. The lowest BCUT2D eigenvalue weighted by Gasteiger charge is -2.36. The number of ketones is 1. The van der Waals surface area contributed by atoms with Gasteiger partial charge in [-0.3, -0.25) is 4.79 Å². The van der Waals surface area contributed by atoms with Gasteiger partial charge in [-0.15, -0.1) is 0 Å². The van der Waals surface area contributed by atoms with Gasteiger partial charge in [0.1, 0.15) is 5.78 Å². The summed E-state index contributed by atoms with van der Waals surface area (Å²) >= 11 is 0. The summed E-state index contributed by atoms with van der Waals surface area (Å²) in [4.78, 5) is 13.3. The molecule has 2 aromatic rings. The highest BCUT2D eigenvalue weighted by Gasteiger charge is 2.49. The van der Waals surface area contributed by atoms with Crippen molar-refractivity contribution >= 4 is 5.78 Å². The maximum atomic E-state index is 13.3. The molecule has 0 aliphatic heterocycles. The fourth-order valence-electron chi connectivity index (χ4n) is 4.94. The van der Waals surface area contributed by atoms with Crippen molar-refractivity contribution in [1.82, 2.24) is 0 Å². The van der Waals surface area contributed by atoms with Crippen LogP contribution in [0.5, 0.6) is 0 Å². The summed E-state index contributed by atoms with van der Waals surface area (Å²) in [6.45, 7) is 2.85. The third kappa shape index (κ3) is 3.87. The summed E-state index contributed by atoms with van der Waals surface area (Å²) in [5.74, 6) is 0.603. The van der Waals surface area contributed by atoms with Crippen molar-refractivity contribution in [3.8, 4) is 0 Å². The van der Waals surface area contributed by atoms with Crippen molar-refractivity contribution in [3.63, 3.8) is 0 Å². The van der Waals surface area contributed by atoms with Gasteiger partial charge in [-0.05, 0) is 61.6 Å². The molecular weight excluding hydrogens is 332 g/mol. The summed E-state index contributed by atoms with van der Waals surface area (Å²) < 4.78 is 6.13. The number of Topliss-reactive ketones (excluding diaryl/α,β-unsaturated/α-hetero) is 1. The van der Waals surface area contributed by atoms with E-state index in [9.17, 15) is 4.79 Å². The molecule has 1 spiro atoms. The summed E-state index contributed by atoms with van der Waals surface area (Å²) in [6, 6.07) is 19.1. The van der Waals surface area contributed by atoms with Crippen LogP contribution in [0.25, 0.3) is 0 Å². The molecule has 0 amide bonds. The molecule has 2 saturated carbocycles. The van der Waals surface area contributed by atoms with Crippen LogP contribution < -0.4 is 0 Å². The number of ether oxygens (including phenoxy) is 1. The standard InChI is InChI=1S/C25H30O2/c1-2-19-8-10-21(11-9-19)23-14-17-25(24(23)26)15-12-22(13-16-25)27-18-20-6-4-3-5-7-20/h3-11,22-23H,2,12-18H2,1H3/t22-,23?,25+. The highest BCUT2D eigenvalue weighted by molar-refractivity contribution is 5.93. The van der Waals surface area contributed by atoms with Crippen molar-refractivity contribution < 1.29 is 9.53 Å². The van der Waals surface area contributed by atoms with E-state index < -0.39 is 0 Å². The van der Waals surface area contributed by atoms with Crippen molar-refractivity contribution in [1.29, 1.82) is 0 Å². The van der Waals surface area contributed by atoms with E-state index in [2.05, 4.69) is 55.5 Å². The van der Waals surface area contributed by atoms with Gasteiger partial charge in [0.05, 0.1) is 12.7 Å². The lowest BCUT2D eigenvalue weighted by Crippen LogP contribution is -2.35. The Bertz CT molecular complexity index is 755. The van der Waals surface area contributed by atoms with Gasteiger partial charge < -0.3 is 4.74 Å². The van der Waals surface area contributed by atoms with E-state index in [0.717, 1.165) is 44.9 Å². The van der Waals surface area contributed by atoms with Crippen LogP contribution in [-0.2, 0) is 22.6 Å². The molecule has 27 heavy (non-hydrogen) atoms. The quantitative estimate of drug-likeness (QED) is 0.668. The molecule has 1 atom stereocenters. The van der Waals surface area contributed by atoms with Gasteiger partial charge in [0.25, 0.3) is 0 Å². The minimum Gasteiger partial charge on any atom is -0.374 e. The molecule has 0 bridgehead atoms. The van der Waals surface area contributed by atoms with Gasteiger partial charge >= 0.3 is 0 Å². The number of hydrogen-bond donors (Lipinski definition) is 0. The Labute approximate surface area is 162 Å². The summed E-state index contributed by atoms with van der Waals surface area (Å²) in [7, 11) is 0. The molecule has 2 nitrogen and oxygen atoms in total. The first-order valence-electron chi connectivity index (χ1n) is 10.5. The Morgan fingerprint density at radius 3 is 2.22 bits per heavy atom. The topological polar surface area (TPSA) is 26.3 Å². The van der Waals surface area contributed by atoms with Gasteiger partial charge in [-0.1, -0.05) is 61.5 Å². The molecule has 142 valence electrons. The second-order valence-electron chi connectivity index (χ2n) is 8.33. The molecule has 0 radical (unpaired) electrons. The highest BCUT2D eigenvalue weighted by atomic mass is 16.5. The predicted octanol–water partition coefficient (Wildman–Crippen LogP) is 5.84. The van der Waals surface area contributed by atoms with Gasteiger partial charge in [0, 0.05) is 11.3 Å². The Morgan fingerprint density at radius 1 is 0.889 bits per heavy atom. The second-order valence-corrected chi connectivity index (χ2v) is 8.33. The van der Waals surface area contributed by atoms with E-state index in [1.54, 1.807) is 0 Å². The van der Waals surface area contributed by atoms with Gasteiger partial charge in [0.15, 0.2) is 0 Å². The number of carbonyl (C=O) groups is 1.